The molecular formula is C14H18N4OS. The van der Waals surface area contributed by atoms with E-state index in [2.05, 4.69) is 27.5 Å². The lowest BCUT2D eigenvalue weighted by Crippen LogP contribution is -2.27. The van der Waals surface area contributed by atoms with E-state index in [4.69, 9.17) is 0 Å². The lowest BCUT2D eigenvalue weighted by molar-refractivity contribution is 0.0954. The topological polar surface area (TPSA) is 66.9 Å². The number of nitrogens with one attached hydrogen (secondary N) is 2. The van der Waals surface area contributed by atoms with E-state index in [-0.39, 0.29) is 5.91 Å². The first-order chi connectivity index (χ1) is 9.81. The highest BCUT2D eigenvalue weighted by Gasteiger charge is 2.11. The number of aromatic nitrogens is 2. The number of carbonyl (C=O) groups is 1. The zero-order valence-electron chi connectivity index (χ0n) is 11.4. The molecule has 2 heterocycles. The third-order valence-corrected chi connectivity index (χ3v) is 3.54. The lowest BCUT2D eigenvalue weighted by atomic mass is 10.2. The summed E-state index contributed by atoms with van der Waals surface area (Å²) >= 11 is 1.60. The van der Waals surface area contributed by atoms with Crippen molar-refractivity contribution in [2.75, 3.05) is 18.4 Å². The van der Waals surface area contributed by atoms with Gasteiger partial charge in [0.05, 0.1) is 10.6 Å². The first-order valence-corrected chi connectivity index (χ1v) is 7.54. The van der Waals surface area contributed by atoms with Gasteiger partial charge < -0.3 is 10.6 Å². The fourth-order valence-corrected chi connectivity index (χ4v) is 2.35. The van der Waals surface area contributed by atoms with Crippen molar-refractivity contribution in [2.24, 2.45) is 0 Å². The summed E-state index contributed by atoms with van der Waals surface area (Å²) in [6.45, 7) is 3.45. The molecule has 5 nitrogen and oxygen atoms in total. The molecule has 2 aromatic rings. The average Bonchev–Trinajstić information content (AvgIpc) is 2.98. The first kappa shape index (κ1) is 14.5. The van der Waals surface area contributed by atoms with Crippen LogP contribution in [0.3, 0.4) is 0 Å². The summed E-state index contributed by atoms with van der Waals surface area (Å²) in [4.78, 5) is 20.5. The molecule has 2 N–H and O–H groups in total. The van der Waals surface area contributed by atoms with Gasteiger partial charge in [0.15, 0.2) is 0 Å². The predicted molar refractivity (Wildman–Crippen MR) is 81.2 cm³/mol. The second-order valence-electron chi connectivity index (χ2n) is 4.26. The molecule has 2 aromatic heterocycles. The normalized spacial score (nSPS) is 10.2. The van der Waals surface area contributed by atoms with Crippen LogP contribution >= 0.6 is 11.3 Å². The molecule has 0 fully saturated rings. The van der Waals surface area contributed by atoms with Crippen molar-refractivity contribution in [3.63, 3.8) is 0 Å². The fraction of sp³-hybridized carbons (Fsp3) is 0.357. The SMILES string of the molecule is CCCNc1ncccc1C(=O)NCCc1nccs1. The maximum absolute atomic E-state index is 12.1. The first-order valence-electron chi connectivity index (χ1n) is 6.66. The van der Waals surface area contributed by atoms with Crippen LogP contribution in [-0.2, 0) is 6.42 Å². The number of carbonyl (C=O) groups excluding carboxylic acids is 1. The van der Waals surface area contributed by atoms with Crippen molar-refractivity contribution in [3.05, 3.63) is 40.5 Å². The average molecular weight is 290 g/mol. The molecule has 0 bridgehead atoms. The Morgan fingerprint density at radius 3 is 2.95 bits per heavy atom. The predicted octanol–water partition coefficient (Wildman–Crippen LogP) is 2.33. The highest BCUT2D eigenvalue weighted by atomic mass is 32.1. The quantitative estimate of drug-likeness (QED) is 0.821. The van der Waals surface area contributed by atoms with Crippen LogP contribution in [-0.4, -0.2) is 29.0 Å². The summed E-state index contributed by atoms with van der Waals surface area (Å²) in [5, 5.41) is 9.03. The molecule has 2 rings (SSSR count). The Labute approximate surface area is 122 Å². The maximum Gasteiger partial charge on any atom is 0.255 e. The Kier molecular flexibility index (Phi) is 5.49. The van der Waals surface area contributed by atoms with Crippen molar-refractivity contribution in [3.8, 4) is 0 Å². The van der Waals surface area contributed by atoms with Gasteiger partial charge in [0.1, 0.15) is 5.82 Å². The zero-order chi connectivity index (χ0) is 14.2. The second-order valence-corrected chi connectivity index (χ2v) is 5.24. The summed E-state index contributed by atoms with van der Waals surface area (Å²) in [7, 11) is 0. The molecule has 0 aliphatic heterocycles. The number of amides is 1. The number of pyridine rings is 1. The molecule has 0 atom stereocenters. The standard InChI is InChI=1S/C14H18N4OS/c1-2-6-16-13-11(4-3-7-17-13)14(19)18-8-5-12-15-9-10-20-12/h3-4,7,9-10H,2,5-6,8H2,1H3,(H,16,17)(H,18,19). The van der Waals surface area contributed by atoms with E-state index in [0.29, 0.717) is 17.9 Å². The van der Waals surface area contributed by atoms with Crippen LogP contribution in [0.25, 0.3) is 0 Å². The van der Waals surface area contributed by atoms with Gasteiger partial charge >= 0.3 is 0 Å². The van der Waals surface area contributed by atoms with Gasteiger partial charge in [-0.3, -0.25) is 4.79 Å². The fourth-order valence-electron chi connectivity index (χ4n) is 1.73. The number of rotatable bonds is 7. The third kappa shape index (κ3) is 4.03. The van der Waals surface area contributed by atoms with Crippen LogP contribution < -0.4 is 10.6 Å². The van der Waals surface area contributed by atoms with Gasteiger partial charge in [0, 0.05) is 37.3 Å². The summed E-state index contributed by atoms with van der Waals surface area (Å²) in [6.07, 6.45) is 5.20. The van der Waals surface area contributed by atoms with Gasteiger partial charge in [0.2, 0.25) is 0 Å². The molecule has 1 amide bonds. The summed E-state index contributed by atoms with van der Waals surface area (Å²) < 4.78 is 0. The van der Waals surface area contributed by atoms with Gasteiger partial charge in [0.25, 0.3) is 5.91 Å². The highest BCUT2D eigenvalue weighted by Crippen LogP contribution is 2.11. The second kappa shape index (κ2) is 7.59. The summed E-state index contributed by atoms with van der Waals surface area (Å²) in [5.41, 5.74) is 0.583. The lowest BCUT2D eigenvalue weighted by Gasteiger charge is -2.10. The van der Waals surface area contributed by atoms with E-state index >= 15 is 0 Å². The Morgan fingerprint density at radius 1 is 1.30 bits per heavy atom. The van der Waals surface area contributed by atoms with Crippen LogP contribution in [0.2, 0.25) is 0 Å². The molecule has 0 radical (unpaired) electrons. The van der Waals surface area contributed by atoms with E-state index < -0.39 is 0 Å². The highest BCUT2D eigenvalue weighted by molar-refractivity contribution is 7.09. The smallest absolute Gasteiger partial charge is 0.255 e. The number of thiazole rings is 1. The monoisotopic (exact) mass is 290 g/mol. The minimum absolute atomic E-state index is 0.103. The van der Waals surface area contributed by atoms with Gasteiger partial charge in [-0.2, -0.15) is 0 Å². The van der Waals surface area contributed by atoms with Gasteiger partial charge in [-0.05, 0) is 18.6 Å². The molecule has 0 saturated carbocycles. The van der Waals surface area contributed by atoms with Gasteiger partial charge in [-0.25, -0.2) is 9.97 Å². The van der Waals surface area contributed by atoms with E-state index in [1.165, 1.54) is 0 Å². The molecule has 0 spiro atoms. The number of hydrogen-bond donors (Lipinski definition) is 2. The van der Waals surface area contributed by atoms with Crippen LogP contribution in [0.4, 0.5) is 5.82 Å². The minimum atomic E-state index is -0.103. The van der Waals surface area contributed by atoms with Gasteiger partial charge in [-0.1, -0.05) is 6.92 Å². The van der Waals surface area contributed by atoms with Crippen molar-refractivity contribution >= 4 is 23.1 Å². The molecule has 0 aliphatic carbocycles. The molecule has 0 aliphatic rings. The van der Waals surface area contributed by atoms with E-state index in [0.717, 1.165) is 24.4 Å². The summed E-state index contributed by atoms with van der Waals surface area (Å²) in [5.74, 6) is 0.536. The Hall–Kier alpha value is -1.95. The third-order valence-electron chi connectivity index (χ3n) is 2.70. The van der Waals surface area contributed by atoms with Crippen LogP contribution in [0, 0.1) is 0 Å². The Bertz CT molecular complexity index is 542. The van der Waals surface area contributed by atoms with E-state index in [1.54, 1.807) is 35.9 Å². The van der Waals surface area contributed by atoms with Crippen molar-refractivity contribution in [1.82, 2.24) is 15.3 Å². The zero-order valence-corrected chi connectivity index (χ0v) is 12.2. The Morgan fingerprint density at radius 2 is 2.20 bits per heavy atom. The van der Waals surface area contributed by atoms with Gasteiger partial charge in [-0.15, -0.1) is 11.3 Å². The maximum atomic E-state index is 12.1. The van der Waals surface area contributed by atoms with Crippen LogP contribution in [0.1, 0.15) is 28.7 Å². The summed E-state index contributed by atoms with van der Waals surface area (Å²) in [6, 6.07) is 3.55. The van der Waals surface area contributed by atoms with Crippen LogP contribution in [0.15, 0.2) is 29.9 Å². The largest absolute Gasteiger partial charge is 0.369 e. The number of anilines is 1. The molecule has 0 saturated heterocycles. The van der Waals surface area contributed by atoms with Crippen molar-refractivity contribution in [1.29, 1.82) is 0 Å². The molecule has 106 valence electrons. The van der Waals surface area contributed by atoms with E-state index in [9.17, 15) is 4.79 Å². The van der Waals surface area contributed by atoms with Crippen molar-refractivity contribution < 1.29 is 4.79 Å². The van der Waals surface area contributed by atoms with Crippen molar-refractivity contribution in [2.45, 2.75) is 19.8 Å². The number of nitrogens with zero attached hydrogens (tertiary/aromatic N) is 2. The molecule has 0 unspecified atom stereocenters. The molecule has 20 heavy (non-hydrogen) atoms. The Balaban J connectivity index is 1.91. The molecule has 0 aromatic carbocycles. The van der Waals surface area contributed by atoms with E-state index in [1.807, 2.05) is 5.38 Å². The van der Waals surface area contributed by atoms with Crippen LogP contribution in [0.5, 0.6) is 0 Å². The molecular weight excluding hydrogens is 272 g/mol. The number of hydrogen-bond acceptors (Lipinski definition) is 5. The molecule has 6 heteroatoms. The minimum Gasteiger partial charge on any atom is -0.369 e.